The van der Waals surface area contributed by atoms with E-state index in [0.29, 0.717) is 13.1 Å². The Bertz CT molecular complexity index is 864. The van der Waals surface area contributed by atoms with E-state index in [1.165, 1.54) is 0 Å². The summed E-state index contributed by atoms with van der Waals surface area (Å²) in [6, 6.07) is 18.0. The lowest BCUT2D eigenvalue weighted by Gasteiger charge is -2.07. The van der Waals surface area contributed by atoms with E-state index in [4.69, 9.17) is 26.5 Å². The number of benzene rings is 2. The fourth-order valence-electron chi connectivity index (χ4n) is 2.91. The van der Waals surface area contributed by atoms with Crippen LogP contribution in [0.15, 0.2) is 54.6 Å². The van der Waals surface area contributed by atoms with Crippen LogP contribution in [-0.4, -0.2) is 34.2 Å². The van der Waals surface area contributed by atoms with Crippen molar-refractivity contribution in [1.29, 1.82) is 0 Å². The molecular weight excluding hydrogens is 372 g/mol. The van der Waals surface area contributed by atoms with Gasteiger partial charge in [-0.15, -0.1) is 0 Å². The van der Waals surface area contributed by atoms with Crippen LogP contribution in [0, 0.1) is 0 Å². The van der Waals surface area contributed by atoms with Crippen LogP contribution in [0.2, 0.25) is 5.02 Å². The molecule has 0 bridgehead atoms. The topological polar surface area (TPSA) is 52.0 Å². The molecule has 0 aliphatic rings. The van der Waals surface area contributed by atoms with Crippen LogP contribution in [0.1, 0.15) is 31.5 Å². The predicted molar refractivity (Wildman–Crippen MR) is 113 cm³/mol. The van der Waals surface area contributed by atoms with Crippen molar-refractivity contribution in [2.75, 3.05) is 13.2 Å². The van der Waals surface area contributed by atoms with Gasteiger partial charge in [0.25, 0.3) is 0 Å². The number of halogens is 1. The molecule has 0 spiro atoms. The van der Waals surface area contributed by atoms with Crippen molar-refractivity contribution >= 4 is 11.6 Å². The summed E-state index contributed by atoms with van der Waals surface area (Å²) in [6.07, 6.45) is 1.24. The largest absolute Gasteiger partial charge is 0.379 e. The molecule has 28 heavy (non-hydrogen) atoms. The van der Waals surface area contributed by atoms with E-state index in [-0.39, 0.29) is 6.10 Å². The minimum atomic E-state index is 0.274. The highest BCUT2D eigenvalue weighted by molar-refractivity contribution is 6.30. The summed E-state index contributed by atoms with van der Waals surface area (Å²) < 4.78 is 5.58. The first kappa shape index (κ1) is 20.5. The molecule has 0 unspecified atom stereocenters. The molecular formula is C22H27ClN4O. The van der Waals surface area contributed by atoms with Gasteiger partial charge in [-0.05, 0) is 44.5 Å². The number of ether oxygens (including phenoxy) is 1. The first-order valence-corrected chi connectivity index (χ1v) is 10.1. The maximum Gasteiger partial charge on any atom is 0.117 e. The predicted octanol–water partition coefficient (Wildman–Crippen LogP) is 4.55. The number of aromatic nitrogens is 3. The lowest BCUT2D eigenvalue weighted by molar-refractivity contribution is 0.0770. The third kappa shape index (κ3) is 6.16. The number of nitrogens with zero attached hydrogens (tertiary/aromatic N) is 3. The van der Waals surface area contributed by atoms with Crippen LogP contribution in [0.3, 0.4) is 0 Å². The van der Waals surface area contributed by atoms with E-state index < -0.39 is 0 Å². The van der Waals surface area contributed by atoms with Crippen molar-refractivity contribution in [3.05, 3.63) is 70.9 Å². The lowest BCUT2D eigenvalue weighted by atomic mass is 10.1. The zero-order chi connectivity index (χ0) is 19.8. The second-order valence-corrected chi connectivity index (χ2v) is 7.41. The van der Waals surface area contributed by atoms with E-state index in [1.807, 2.05) is 42.5 Å². The number of hydrogen-bond acceptors (Lipinski definition) is 4. The van der Waals surface area contributed by atoms with Gasteiger partial charge in [0.15, 0.2) is 0 Å². The van der Waals surface area contributed by atoms with Gasteiger partial charge in [-0.25, -0.2) is 0 Å². The smallest absolute Gasteiger partial charge is 0.117 e. The third-order valence-electron chi connectivity index (χ3n) is 4.23. The Morgan fingerprint density at radius 1 is 1.07 bits per heavy atom. The second kappa shape index (κ2) is 10.4. The number of rotatable bonds is 10. The molecule has 2 aromatic carbocycles. The van der Waals surface area contributed by atoms with Gasteiger partial charge < -0.3 is 10.1 Å². The summed E-state index contributed by atoms with van der Waals surface area (Å²) in [6.45, 7) is 7.00. The van der Waals surface area contributed by atoms with Crippen molar-refractivity contribution in [1.82, 2.24) is 20.3 Å². The molecule has 0 radical (unpaired) electrons. The first-order valence-electron chi connectivity index (χ1n) is 9.68. The maximum atomic E-state index is 6.10. The van der Waals surface area contributed by atoms with E-state index in [9.17, 15) is 0 Å². The molecule has 3 rings (SSSR count). The van der Waals surface area contributed by atoms with Gasteiger partial charge >= 0.3 is 0 Å². The molecule has 1 N–H and O–H groups in total. The summed E-state index contributed by atoms with van der Waals surface area (Å²) in [5.41, 5.74) is 4.00. The van der Waals surface area contributed by atoms with Gasteiger partial charge in [-0.2, -0.15) is 15.0 Å². The molecule has 0 fully saturated rings. The van der Waals surface area contributed by atoms with Crippen molar-refractivity contribution in [2.45, 2.75) is 39.5 Å². The Morgan fingerprint density at radius 3 is 2.64 bits per heavy atom. The third-order valence-corrected chi connectivity index (χ3v) is 4.46. The zero-order valence-corrected chi connectivity index (χ0v) is 17.2. The second-order valence-electron chi connectivity index (χ2n) is 6.97. The lowest BCUT2D eigenvalue weighted by Crippen LogP contribution is -2.18. The summed E-state index contributed by atoms with van der Waals surface area (Å²) in [7, 11) is 0. The van der Waals surface area contributed by atoms with Crippen LogP contribution >= 0.6 is 11.6 Å². The summed E-state index contributed by atoms with van der Waals surface area (Å²) in [5, 5.41) is 13.6. The van der Waals surface area contributed by atoms with E-state index in [2.05, 4.69) is 31.3 Å². The molecule has 1 heterocycles. The highest BCUT2D eigenvalue weighted by atomic mass is 35.5. The van der Waals surface area contributed by atoms with Crippen molar-refractivity contribution < 1.29 is 4.74 Å². The van der Waals surface area contributed by atoms with Crippen LogP contribution in [0.4, 0.5) is 0 Å². The Balaban J connectivity index is 1.69. The number of hydrogen-bond donors (Lipinski definition) is 1. The quantitative estimate of drug-likeness (QED) is 0.509. The molecule has 0 atom stereocenters. The van der Waals surface area contributed by atoms with Crippen LogP contribution < -0.4 is 5.32 Å². The minimum absolute atomic E-state index is 0.274. The molecule has 6 heteroatoms. The average Bonchev–Trinajstić information content (AvgIpc) is 3.07. The Morgan fingerprint density at radius 2 is 1.89 bits per heavy atom. The monoisotopic (exact) mass is 398 g/mol. The summed E-state index contributed by atoms with van der Waals surface area (Å²) in [5.74, 6) is 0. The van der Waals surface area contributed by atoms with Gasteiger partial charge in [0.05, 0.1) is 12.6 Å². The molecule has 0 aliphatic carbocycles. The fourth-order valence-corrected chi connectivity index (χ4v) is 3.13. The van der Waals surface area contributed by atoms with Crippen molar-refractivity contribution in [3.8, 4) is 11.3 Å². The van der Waals surface area contributed by atoms with Gasteiger partial charge in [0.2, 0.25) is 0 Å². The molecule has 0 amide bonds. The van der Waals surface area contributed by atoms with Gasteiger partial charge in [-0.3, -0.25) is 0 Å². The zero-order valence-electron chi connectivity index (χ0n) is 16.4. The van der Waals surface area contributed by atoms with Crippen LogP contribution in [0.5, 0.6) is 0 Å². The molecule has 0 aliphatic heterocycles. The van der Waals surface area contributed by atoms with Crippen molar-refractivity contribution in [2.24, 2.45) is 0 Å². The standard InChI is InChI=1S/C22H27ClN4O/c1-17(2)28-13-7-12-24-15-21-22(19-9-4-3-5-10-19)26-27(25-21)16-18-8-6-11-20(23)14-18/h3-6,8-11,14,17,24H,7,12-13,15-16H2,1-2H3. The maximum absolute atomic E-state index is 6.10. The molecule has 3 aromatic rings. The Labute approximate surface area is 171 Å². The minimum Gasteiger partial charge on any atom is -0.379 e. The summed E-state index contributed by atoms with van der Waals surface area (Å²) in [4.78, 5) is 1.74. The van der Waals surface area contributed by atoms with E-state index in [0.717, 1.165) is 47.1 Å². The van der Waals surface area contributed by atoms with Gasteiger partial charge in [0, 0.05) is 23.7 Å². The average molecular weight is 399 g/mol. The SMILES string of the molecule is CC(C)OCCCNCc1nn(Cc2cccc(Cl)c2)nc1-c1ccccc1. The molecule has 0 saturated carbocycles. The molecule has 148 valence electrons. The molecule has 5 nitrogen and oxygen atoms in total. The van der Waals surface area contributed by atoms with Crippen LogP contribution in [-0.2, 0) is 17.8 Å². The number of nitrogens with one attached hydrogen (secondary N) is 1. The highest BCUT2D eigenvalue weighted by Gasteiger charge is 2.13. The first-order chi connectivity index (χ1) is 13.6. The summed E-state index contributed by atoms with van der Waals surface area (Å²) >= 11 is 6.10. The Hall–Kier alpha value is -2.21. The van der Waals surface area contributed by atoms with Crippen molar-refractivity contribution in [3.63, 3.8) is 0 Å². The van der Waals surface area contributed by atoms with Gasteiger partial charge in [-0.1, -0.05) is 54.1 Å². The highest BCUT2D eigenvalue weighted by Crippen LogP contribution is 2.20. The molecule has 1 aromatic heterocycles. The van der Waals surface area contributed by atoms with Crippen LogP contribution in [0.25, 0.3) is 11.3 Å². The van der Waals surface area contributed by atoms with E-state index >= 15 is 0 Å². The molecule has 0 saturated heterocycles. The van der Waals surface area contributed by atoms with E-state index in [1.54, 1.807) is 4.80 Å². The normalized spacial score (nSPS) is 11.3. The van der Waals surface area contributed by atoms with Gasteiger partial charge in [0.1, 0.15) is 11.4 Å². The fraction of sp³-hybridized carbons (Fsp3) is 0.364. The Kier molecular flexibility index (Phi) is 7.60.